The van der Waals surface area contributed by atoms with Crippen LogP contribution in [0.3, 0.4) is 0 Å². The monoisotopic (exact) mass is 265 g/mol. The van der Waals surface area contributed by atoms with Crippen molar-refractivity contribution < 1.29 is 9.90 Å². The van der Waals surface area contributed by atoms with Crippen LogP contribution in [0.5, 0.6) is 0 Å². The number of carbonyl (C=O) groups is 1. The van der Waals surface area contributed by atoms with E-state index in [4.69, 9.17) is 0 Å². The zero-order valence-corrected chi connectivity index (χ0v) is 12.1. The number of nitrogens with one attached hydrogen (secondary N) is 1. The van der Waals surface area contributed by atoms with Gasteiger partial charge in [0.2, 0.25) is 0 Å². The van der Waals surface area contributed by atoms with Crippen LogP contribution in [0.2, 0.25) is 0 Å². The van der Waals surface area contributed by atoms with E-state index in [0.717, 1.165) is 25.2 Å². The van der Waals surface area contributed by atoms with E-state index >= 15 is 0 Å². The fraction of sp³-hybridized carbons (Fsp3) is 0.571. The molecule has 1 aromatic heterocycles. The second-order valence-electron chi connectivity index (χ2n) is 4.69. The average Bonchev–Trinajstić information content (AvgIpc) is 2.35. The van der Waals surface area contributed by atoms with Gasteiger partial charge in [-0.3, -0.25) is 0 Å². The molecular weight excluding hydrogens is 242 g/mol. The lowest BCUT2D eigenvalue weighted by atomic mass is 10.1. The molecule has 0 spiro atoms. The fourth-order valence-electron chi connectivity index (χ4n) is 2.09. The summed E-state index contributed by atoms with van der Waals surface area (Å²) >= 11 is 0. The normalized spacial score (nSPS) is 12.5. The largest absolute Gasteiger partial charge is 0.478 e. The van der Waals surface area contributed by atoms with Crippen molar-refractivity contribution in [2.45, 2.75) is 33.7 Å². The number of carboxylic acid groups (broad SMARTS) is 1. The molecule has 0 radical (unpaired) electrons. The minimum Gasteiger partial charge on any atom is -0.478 e. The highest BCUT2D eigenvalue weighted by molar-refractivity contribution is 5.94. The van der Waals surface area contributed by atoms with E-state index in [0.29, 0.717) is 5.82 Å². The van der Waals surface area contributed by atoms with E-state index in [-0.39, 0.29) is 11.6 Å². The first-order valence-corrected chi connectivity index (χ1v) is 6.67. The first kappa shape index (κ1) is 15.4. The van der Waals surface area contributed by atoms with Gasteiger partial charge in [0.15, 0.2) is 0 Å². The summed E-state index contributed by atoms with van der Waals surface area (Å²) in [6.45, 7) is 10.9. The van der Waals surface area contributed by atoms with Gasteiger partial charge < -0.3 is 15.3 Å². The van der Waals surface area contributed by atoms with Crippen molar-refractivity contribution >= 4 is 11.8 Å². The Morgan fingerprint density at radius 1 is 1.47 bits per heavy atom. The Balaban J connectivity index is 2.82. The number of likely N-dealkylation sites (N-methyl/N-ethyl adjacent to an activating group) is 1. The van der Waals surface area contributed by atoms with Crippen molar-refractivity contribution in [3.8, 4) is 0 Å². The molecule has 0 aliphatic heterocycles. The molecule has 2 N–H and O–H groups in total. The quantitative estimate of drug-likeness (QED) is 0.791. The van der Waals surface area contributed by atoms with Gasteiger partial charge in [0.25, 0.3) is 0 Å². The maximum Gasteiger partial charge on any atom is 0.339 e. The highest BCUT2D eigenvalue weighted by atomic mass is 16.4. The number of hydrogen-bond donors (Lipinski definition) is 2. The second kappa shape index (κ2) is 7.09. The number of nitrogens with zero attached hydrogens (tertiary/aromatic N) is 2. The Morgan fingerprint density at radius 3 is 2.63 bits per heavy atom. The Bertz CT molecular complexity index is 431. The number of aryl methyl sites for hydroxylation is 1. The molecule has 0 amide bonds. The minimum atomic E-state index is -0.942. The van der Waals surface area contributed by atoms with E-state index in [1.807, 2.05) is 6.92 Å². The van der Waals surface area contributed by atoms with Gasteiger partial charge in [-0.2, -0.15) is 0 Å². The zero-order valence-electron chi connectivity index (χ0n) is 12.1. The van der Waals surface area contributed by atoms with Gasteiger partial charge in [0.1, 0.15) is 11.4 Å². The molecule has 106 valence electrons. The Labute approximate surface area is 114 Å². The van der Waals surface area contributed by atoms with Crippen molar-refractivity contribution in [1.82, 2.24) is 9.88 Å². The lowest BCUT2D eigenvalue weighted by Gasteiger charge is -2.24. The van der Waals surface area contributed by atoms with Crippen molar-refractivity contribution in [3.05, 3.63) is 23.4 Å². The van der Waals surface area contributed by atoms with Crippen LogP contribution in [-0.2, 0) is 0 Å². The number of rotatable bonds is 7. The average molecular weight is 265 g/mol. The van der Waals surface area contributed by atoms with E-state index in [2.05, 4.69) is 29.0 Å². The first-order valence-electron chi connectivity index (χ1n) is 6.67. The zero-order chi connectivity index (χ0) is 14.4. The molecule has 0 aliphatic rings. The van der Waals surface area contributed by atoms with E-state index in [1.54, 1.807) is 19.2 Å². The first-order chi connectivity index (χ1) is 8.99. The number of aromatic carboxylic acids is 1. The Hall–Kier alpha value is -1.62. The molecule has 0 bridgehead atoms. The molecule has 1 unspecified atom stereocenters. The maximum absolute atomic E-state index is 11.3. The van der Waals surface area contributed by atoms with Gasteiger partial charge in [-0.05, 0) is 38.6 Å². The minimum absolute atomic E-state index is 0.146. The third-order valence-electron chi connectivity index (χ3n) is 3.18. The lowest BCUT2D eigenvalue weighted by molar-refractivity contribution is 0.0696. The van der Waals surface area contributed by atoms with Crippen LogP contribution in [0.4, 0.5) is 5.82 Å². The molecule has 5 heteroatoms. The maximum atomic E-state index is 11.3. The standard InChI is InChI=1S/C14H23N3O2/c1-5-17(6-2)9-11(4)16-13-12(14(18)19)10(3)7-8-15-13/h7-8,11H,5-6,9H2,1-4H3,(H,15,16)(H,18,19). The third kappa shape index (κ3) is 4.21. The van der Waals surface area contributed by atoms with Gasteiger partial charge in [-0.1, -0.05) is 13.8 Å². The molecule has 0 saturated carbocycles. The fourth-order valence-corrected chi connectivity index (χ4v) is 2.09. The van der Waals surface area contributed by atoms with Crippen molar-refractivity contribution in [1.29, 1.82) is 0 Å². The highest BCUT2D eigenvalue weighted by Crippen LogP contribution is 2.17. The molecule has 5 nitrogen and oxygen atoms in total. The summed E-state index contributed by atoms with van der Waals surface area (Å²) in [4.78, 5) is 17.7. The summed E-state index contributed by atoms with van der Waals surface area (Å²) in [7, 11) is 0. The van der Waals surface area contributed by atoms with Crippen LogP contribution < -0.4 is 5.32 Å². The number of pyridine rings is 1. The Kier molecular flexibility index (Phi) is 5.76. The molecule has 1 aromatic rings. The van der Waals surface area contributed by atoms with Gasteiger partial charge in [0, 0.05) is 18.8 Å². The van der Waals surface area contributed by atoms with Crippen LogP contribution in [0.1, 0.15) is 36.7 Å². The number of hydrogen-bond acceptors (Lipinski definition) is 4. The lowest BCUT2D eigenvalue weighted by Crippen LogP contribution is -2.35. The summed E-state index contributed by atoms with van der Waals surface area (Å²) in [5.74, 6) is -0.490. The topological polar surface area (TPSA) is 65.5 Å². The van der Waals surface area contributed by atoms with Crippen molar-refractivity contribution in [3.63, 3.8) is 0 Å². The van der Waals surface area contributed by atoms with Crippen LogP contribution in [0.25, 0.3) is 0 Å². The van der Waals surface area contributed by atoms with Crippen molar-refractivity contribution in [2.75, 3.05) is 25.0 Å². The SMILES string of the molecule is CCN(CC)CC(C)Nc1nccc(C)c1C(=O)O. The molecule has 1 atom stereocenters. The van der Waals surface area contributed by atoms with Gasteiger partial charge in [-0.25, -0.2) is 9.78 Å². The molecule has 0 saturated heterocycles. The Morgan fingerprint density at radius 2 is 2.11 bits per heavy atom. The summed E-state index contributed by atoms with van der Waals surface area (Å²) in [5, 5.41) is 12.4. The van der Waals surface area contributed by atoms with Crippen LogP contribution in [0.15, 0.2) is 12.3 Å². The molecule has 1 rings (SSSR count). The summed E-state index contributed by atoms with van der Waals surface area (Å²) in [5.41, 5.74) is 0.980. The molecular formula is C14H23N3O2. The summed E-state index contributed by atoms with van der Waals surface area (Å²) < 4.78 is 0. The molecule has 0 aliphatic carbocycles. The van der Waals surface area contributed by atoms with Crippen LogP contribution in [0, 0.1) is 6.92 Å². The second-order valence-corrected chi connectivity index (χ2v) is 4.69. The van der Waals surface area contributed by atoms with Crippen LogP contribution >= 0.6 is 0 Å². The molecule has 1 heterocycles. The van der Waals surface area contributed by atoms with E-state index < -0.39 is 5.97 Å². The van der Waals surface area contributed by atoms with Crippen molar-refractivity contribution in [2.24, 2.45) is 0 Å². The summed E-state index contributed by atoms with van der Waals surface area (Å²) in [6.07, 6.45) is 1.63. The van der Waals surface area contributed by atoms with Gasteiger partial charge in [0.05, 0.1) is 0 Å². The van der Waals surface area contributed by atoms with Crippen LogP contribution in [-0.4, -0.2) is 46.6 Å². The highest BCUT2D eigenvalue weighted by Gasteiger charge is 2.16. The predicted molar refractivity (Wildman–Crippen MR) is 76.8 cm³/mol. The molecule has 0 aromatic carbocycles. The van der Waals surface area contributed by atoms with Gasteiger partial charge in [-0.15, -0.1) is 0 Å². The molecule has 0 fully saturated rings. The van der Waals surface area contributed by atoms with E-state index in [1.165, 1.54) is 0 Å². The van der Waals surface area contributed by atoms with E-state index in [9.17, 15) is 9.90 Å². The molecule has 19 heavy (non-hydrogen) atoms. The summed E-state index contributed by atoms with van der Waals surface area (Å²) in [6, 6.07) is 1.86. The smallest absolute Gasteiger partial charge is 0.339 e. The number of carboxylic acids is 1. The predicted octanol–water partition coefficient (Wildman–Crippen LogP) is 2.23. The number of aromatic nitrogens is 1. The third-order valence-corrected chi connectivity index (χ3v) is 3.18. The number of anilines is 1. The van der Waals surface area contributed by atoms with Gasteiger partial charge >= 0.3 is 5.97 Å².